The van der Waals surface area contributed by atoms with Crippen LogP contribution in [0.2, 0.25) is 0 Å². The van der Waals surface area contributed by atoms with Crippen molar-refractivity contribution in [1.82, 2.24) is 4.98 Å². The van der Waals surface area contributed by atoms with Crippen molar-refractivity contribution in [2.75, 3.05) is 0 Å². The van der Waals surface area contributed by atoms with Crippen molar-refractivity contribution < 1.29 is 13.2 Å². The molecule has 0 aliphatic carbocycles. The molecule has 0 saturated carbocycles. The first kappa shape index (κ1) is 8.37. The summed E-state index contributed by atoms with van der Waals surface area (Å²) in [6.07, 6.45) is 0.385. The molecule has 0 spiro atoms. The van der Waals surface area contributed by atoms with E-state index in [1.54, 1.807) is 12.1 Å². The van der Waals surface area contributed by atoms with E-state index in [0.29, 0.717) is 10.6 Å². The van der Waals surface area contributed by atoms with Crippen molar-refractivity contribution in [3.05, 3.63) is 29.6 Å². The van der Waals surface area contributed by atoms with E-state index in [4.69, 9.17) is 4.42 Å². The maximum absolute atomic E-state index is 12.1. The summed E-state index contributed by atoms with van der Waals surface area (Å²) < 4.78 is 29.3. The number of thiazole rings is 1. The van der Waals surface area contributed by atoms with Gasteiger partial charge in [-0.1, -0.05) is 0 Å². The lowest BCUT2D eigenvalue weighted by Crippen LogP contribution is -1.77. The molecule has 0 aliphatic heterocycles. The van der Waals surface area contributed by atoms with Crippen LogP contribution in [0.15, 0.2) is 29.0 Å². The predicted octanol–water partition coefficient (Wildman–Crippen LogP) is 3.34. The molecule has 0 bridgehead atoms. The first-order valence-corrected chi connectivity index (χ1v) is 4.37. The highest BCUT2D eigenvalue weighted by atomic mass is 32.1. The third-order valence-electron chi connectivity index (χ3n) is 1.47. The number of hydrogen-bond donors (Lipinski definition) is 0. The monoisotopic (exact) mass is 201 g/mol. The number of aromatic nitrogens is 1. The summed E-state index contributed by atoms with van der Waals surface area (Å²) in [7, 11) is 0. The van der Waals surface area contributed by atoms with Crippen LogP contribution < -0.4 is 0 Å². The fourth-order valence-electron chi connectivity index (χ4n) is 0.921. The zero-order valence-electron chi connectivity index (χ0n) is 6.41. The zero-order valence-corrected chi connectivity index (χ0v) is 7.22. The second kappa shape index (κ2) is 3.26. The summed E-state index contributed by atoms with van der Waals surface area (Å²) in [5, 5.41) is -0.175. The molecule has 2 aromatic heterocycles. The van der Waals surface area contributed by atoms with Crippen LogP contribution in [0, 0.1) is 0 Å². The van der Waals surface area contributed by atoms with Gasteiger partial charge in [-0.2, -0.15) is 0 Å². The molecule has 0 unspecified atom stereocenters. The number of hydrogen-bond acceptors (Lipinski definition) is 3. The Balaban J connectivity index is 2.33. The molecule has 0 amide bonds. The van der Waals surface area contributed by atoms with Crippen LogP contribution in [0.3, 0.4) is 0 Å². The van der Waals surface area contributed by atoms with Crippen molar-refractivity contribution in [2.24, 2.45) is 0 Å². The summed E-state index contributed by atoms with van der Waals surface area (Å²) in [6, 6.07) is 3.42. The zero-order chi connectivity index (χ0) is 9.26. The molecule has 13 heavy (non-hydrogen) atoms. The van der Waals surface area contributed by atoms with Crippen molar-refractivity contribution in [3.8, 4) is 10.6 Å². The van der Waals surface area contributed by atoms with E-state index >= 15 is 0 Å². The minimum absolute atomic E-state index is 0.175. The fourth-order valence-corrected chi connectivity index (χ4v) is 1.66. The molecule has 0 N–H and O–H groups in total. The maximum atomic E-state index is 12.1. The molecule has 68 valence electrons. The highest BCUT2D eigenvalue weighted by Gasteiger charge is 2.13. The molecule has 0 atom stereocenters. The SMILES string of the molecule is FC(F)c1ncc(-c2ccco2)s1. The Kier molecular flexibility index (Phi) is 2.10. The van der Waals surface area contributed by atoms with Crippen LogP contribution in [0.25, 0.3) is 10.6 Å². The van der Waals surface area contributed by atoms with Crippen LogP contribution in [0.5, 0.6) is 0 Å². The maximum Gasteiger partial charge on any atom is 0.289 e. The molecule has 0 aliphatic rings. The Morgan fingerprint density at radius 3 is 2.85 bits per heavy atom. The number of alkyl halides is 2. The van der Waals surface area contributed by atoms with Gasteiger partial charge in [-0.3, -0.25) is 0 Å². The average Bonchev–Trinajstić information content (AvgIpc) is 2.75. The minimum atomic E-state index is -2.51. The number of halogens is 2. The predicted molar refractivity (Wildman–Crippen MR) is 44.8 cm³/mol. The van der Waals surface area contributed by atoms with Gasteiger partial charge in [0.1, 0.15) is 5.76 Å². The van der Waals surface area contributed by atoms with Crippen LogP contribution in [0.1, 0.15) is 11.4 Å². The van der Waals surface area contributed by atoms with Gasteiger partial charge in [0.05, 0.1) is 11.1 Å². The van der Waals surface area contributed by atoms with Gasteiger partial charge in [0.25, 0.3) is 6.43 Å². The Morgan fingerprint density at radius 1 is 1.46 bits per heavy atom. The van der Waals surface area contributed by atoms with E-state index < -0.39 is 6.43 Å². The summed E-state index contributed by atoms with van der Waals surface area (Å²) in [6.45, 7) is 0. The fraction of sp³-hybridized carbons (Fsp3) is 0.125. The van der Waals surface area contributed by atoms with Crippen molar-refractivity contribution in [1.29, 1.82) is 0 Å². The van der Waals surface area contributed by atoms with E-state index in [-0.39, 0.29) is 5.01 Å². The van der Waals surface area contributed by atoms with Crippen LogP contribution >= 0.6 is 11.3 Å². The minimum Gasteiger partial charge on any atom is -0.463 e. The molecule has 2 nitrogen and oxygen atoms in total. The van der Waals surface area contributed by atoms with Gasteiger partial charge in [-0.25, -0.2) is 13.8 Å². The molecule has 0 radical (unpaired) electrons. The van der Waals surface area contributed by atoms with Gasteiger partial charge in [-0.05, 0) is 12.1 Å². The van der Waals surface area contributed by atoms with E-state index in [1.165, 1.54) is 12.5 Å². The number of nitrogens with zero attached hydrogens (tertiary/aromatic N) is 1. The van der Waals surface area contributed by atoms with Gasteiger partial charge in [-0.15, -0.1) is 11.3 Å². The summed E-state index contributed by atoms with van der Waals surface area (Å²) in [5.41, 5.74) is 0. The first-order valence-electron chi connectivity index (χ1n) is 3.55. The lowest BCUT2D eigenvalue weighted by molar-refractivity contribution is 0.151. The first-order chi connectivity index (χ1) is 6.27. The largest absolute Gasteiger partial charge is 0.463 e. The van der Waals surface area contributed by atoms with Crippen molar-refractivity contribution >= 4 is 11.3 Å². The van der Waals surface area contributed by atoms with Gasteiger partial charge in [0.2, 0.25) is 0 Å². The molecule has 2 heterocycles. The lowest BCUT2D eigenvalue weighted by atomic mass is 10.4. The summed E-state index contributed by atoms with van der Waals surface area (Å²) in [5.74, 6) is 0.574. The highest BCUT2D eigenvalue weighted by molar-refractivity contribution is 7.15. The summed E-state index contributed by atoms with van der Waals surface area (Å²) >= 11 is 0.944. The quantitative estimate of drug-likeness (QED) is 0.744. The topological polar surface area (TPSA) is 26.0 Å². The molecule has 0 fully saturated rings. The Hall–Kier alpha value is -1.23. The van der Waals surface area contributed by atoms with Crippen molar-refractivity contribution in [2.45, 2.75) is 6.43 Å². The van der Waals surface area contributed by atoms with Gasteiger partial charge < -0.3 is 4.42 Å². The number of furan rings is 1. The Morgan fingerprint density at radius 2 is 2.31 bits per heavy atom. The average molecular weight is 201 g/mol. The van der Waals surface area contributed by atoms with Crippen LogP contribution in [0.4, 0.5) is 8.78 Å². The highest BCUT2D eigenvalue weighted by Crippen LogP contribution is 2.31. The lowest BCUT2D eigenvalue weighted by Gasteiger charge is -1.88. The number of rotatable bonds is 2. The van der Waals surface area contributed by atoms with Crippen LogP contribution in [-0.2, 0) is 0 Å². The third-order valence-corrected chi connectivity index (χ3v) is 2.49. The standard InChI is InChI=1S/C8H5F2NOS/c9-7(10)8-11-4-6(13-8)5-2-1-3-12-5/h1-4,7H. The summed E-state index contributed by atoms with van der Waals surface area (Å²) in [4.78, 5) is 4.21. The molecular formula is C8H5F2NOS. The second-order valence-corrected chi connectivity index (χ2v) is 3.40. The molecule has 0 aromatic carbocycles. The molecule has 5 heteroatoms. The Labute approximate surface area is 76.8 Å². The van der Waals surface area contributed by atoms with E-state index in [1.807, 2.05) is 0 Å². The third kappa shape index (κ3) is 1.60. The molecule has 2 aromatic rings. The van der Waals surface area contributed by atoms with Crippen LogP contribution in [-0.4, -0.2) is 4.98 Å². The molecular weight excluding hydrogens is 196 g/mol. The van der Waals surface area contributed by atoms with Gasteiger partial charge >= 0.3 is 0 Å². The van der Waals surface area contributed by atoms with Gasteiger partial charge in [0.15, 0.2) is 5.01 Å². The van der Waals surface area contributed by atoms with Crippen molar-refractivity contribution in [3.63, 3.8) is 0 Å². The Bertz CT molecular complexity index is 383. The smallest absolute Gasteiger partial charge is 0.289 e. The van der Waals surface area contributed by atoms with E-state index in [9.17, 15) is 8.78 Å². The van der Waals surface area contributed by atoms with E-state index in [0.717, 1.165) is 11.3 Å². The van der Waals surface area contributed by atoms with E-state index in [2.05, 4.69) is 4.98 Å². The molecule has 0 saturated heterocycles. The normalized spacial score (nSPS) is 11.0. The van der Waals surface area contributed by atoms with Gasteiger partial charge in [0, 0.05) is 6.20 Å². The molecule has 2 rings (SSSR count). The second-order valence-electron chi connectivity index (χ2n) is 2.34.